The van der Waals surface area contributed by atoms with Crippen LogP contribution in [0.1, 0.15) is 42.6 Å². The first kappa shape index (κ1) is 16.3. The molecule has 3 rings (SSSR count). The minimum absolute atomic E-state index is 0.00534. The van der Waals surface area contributed by atoms with Crippen molar-refractivity contribution in [2.75, 3.05) is 17.8 Å². The van der Waals surface area contributed by atoms with Crippen molar-refractivity contribution in [2.24, 2.45) is 18.9 Å². The van der Waals surface area contributed by atoms with Gasteiger partial charge in [-0.3, -0.25) is 9.40 Å². The topological polar surface area (TPSA) is 105 Å². The number of aryl methyl sites for hydroxylation is 1. The molecule has 2 heterocycles. The van der Waals surface area contributed by atoms with Crippen LogP contribution in [0.3, 0.4) is 0 Å². The van der Waals surface area contributed by atoms with Crippen molar-refractivity contribution in [3.8, 4) is 0 Å². The standard InChI is InChI=1S/C14H22N4O4S/c1-17-13(14(19)20)12(8-15-17)16-23(21,22)18-7-6-10-4-2-3-5-11(10)9-18/h8,10-11,16H,2-7,9H2,1H3,(H,19,20). The van der Waals surface area contributed by atoms with Crippen LogP contribution in [0.25, 0.3) is 0 Å². The van der Waals surface area contributed by atoms with Gasteiger partial charge < -0.3 is 5.11 Å². The Kier molecular flexibility index (Phi) is 4.33. The Bertz CT molecular complexity index is 700. The highest BCUT2D eigenvalue weighted by molar-refractivity contribution is 7.90. The molecule has 0 aromatic carbocycles. The van der Waals surface area contributed by atoms with E-state index in [4.69, 9.17) is 0 Å². The molecule has 0 spiro atoms. The predicted octanol–water partition coefficient (Wildman–Crippen LogP) is 1.29. The Balaban J connectivity index is 1.76. The highest BCUT2D eigenvalue weighted by Gasteiger charge is 2.36. The van der Waals surface area contributed by atoms with E-state index in [1.54, 1.807) is 0 Å². The minimum Gasteiger partial charge on any atom is -0.476 e. The monoisotopic (exact) mass is 342 g/mol. The molecule has 1 aromatic heterocycles. The number of aromatic carboxylic acids is 1. The van der Waals surface area contributed by atoms with E-state index in [0.29, 0.717) is 24.9 Å². The number of piperidine rings is 1. The Morgan fingerprint density at radius 3 is 2.70 bits per heavy atom. The molecule has 0 radical (unpaired) electrons. The van der Waals surface area contributed by atoms with E-state index in [2.05, 4.69) is 9.82 Å². The maximum absolute atomic E-state index is 12.6. The number of nitrogens with one attached hydrogen (secondary N) is 1. The predicted molar refractivity (Wildman–Crippen MR) is 84.3 cm³/mol. The molecule has 2 fully saturated rings. The van der Waals surface area contributed by atoms with Gasteiger partial charge in [-0.05, 0) is 24.7 Å². The van der Waals surface area contributed by atoms with E-state index in [1.165, 1.54) is 30.4 Å². The Morgan fingerprint density at radius 2 is 2.00 bits per heavy atom. The number of hydrogen-bond donors (Lipinski definition) is 2. The van der Waals surface area contributed by atoms with Gasteiger partial charge in [0.05, 0.1) is 6.20 Å². The molecule has 1 aliphatic heterocycles. The lowest BCUT2D eigenvalue weighted by Gasteiger charge is -2.40. The highest BCUT2D eigenvalue weighted by Crippen LogP contribution is 2.37. The summed E-state index contributed by atoms with van der Waals surface area (Å²) < 4.78 is 30.2. The lowest BCUT2D eigenvalue weighted by Crippen LogP contribution is -2.46. The Labute approximate surface area is 135 Å². The highest BCUT2D eigenvalue weighted by atomic mass is 32.2. The Morgan fingerprint density at radius 1 is 1.30 bits per heavy atom. The molecule has 23 heavy (non-hydrogen) atoms. The average molecular weight is 342 g/mol. The maximum atomic E-state index is 12.6. The van der Waals surface area contributed by atoms with Crippen molar-refractivity contribution in [1.82, 2.24) is 14.1 Å². The van der Waals surface area contributed by atoms with Crippen molar-refractivity contribution in [3.05, 3.63) is 11.9 Å². The van der Waals surface area contributed by atoms with Crippen LogP contribution in [0.5, 0.6) is 0 Å². The van der Waals surface area contributed by atoms with Crippen LogP contribution in [-0.2, 0) is 17.3 Å². The second-order valence-electron chi connectivity index (χ2n) is 6.39. The summed E-state index contributed by atoms with van der Waals surface area (Å²) in [5.74, 6) is -0.168. The number of fused-ring (bicyclic) bond motifs is 1. The zero-order chi connectivity index (χ0) is 16.6. The Hall–Kier alpha value is -1.61. The van der Waals surface area contributed by atoms with Gasteiger partial charge in [0.15, 0.2) is 5.69 Å². The van der Waals surface area contributed by atoms with E-state index < -0.39 is 16.2 Å². The minimum atomic E-state index is -3.76. The van der Waals surface area contributed by atoms with Gasteiger partial charge in [0.25, 0.3) is 0 Å². The first-order valence-corrected chi connectivity index (χ1v) is 9.35. The van der Waals surface area contributed by atoms with Crippen molar-refractivity contribution < 1.29 is 18.3 Å². The summed E-state index contributed by atoms with van der Waals surface area (Å²) in [5, 5.41) is 13.0. The zero-order valence-electron chi connectivity index (χ0n) is 13.1. The molecule has 2 unspecified atom stereocenters. The molecule has 1 saturated heterocycles. The summed E-state index contributed by atoms with van der Waals surface area (Å²) in [6.45, 7) is 1.00. The summed E-state index contributed by atoms with van der Waals surface area (Å²) in [6.07, 6.45) is 6.78. The summed E-state index contributed by atoms with van der Waals surface area (Å²) in [5.41, 5.74) is -0.160. The molecular formula is C14H22N4O4S. The van der Waals surface area contributed by atoms with Crippen LogP contribution < -0.4 is 4.72 Å². The van der Waals surface area contributed by atoms with Crippen molar-refractivity contribution in [2.45, 2.75) is 32.1 Å². The van der Waals surface area contributed by atoms with Gasteiger partial charge in [-0.2, -0.15) is 17.8 Å². The largest absolute Gasteiger partial charge is 0.476 e. The van der Waals surface area contributed by atoms with Crippen LogP contribution in [0, 0.1) is 11.8 Å². The van der Waals surface area contributed by atoms with Gasteiger partial charge in [0, 0.05) is 20.1 Å². The first-order valence-electron chi connectivity index (χ1n) is 7.91. The number of hydrogen-bond acceptors (Lipinski definition) is 4. The van der Waals surface area contributed by atoms with Crippen LogP contribution in [0.15, 0.2) is 6.20 Å². The molecule has 2 atom stereocenters. The van der Waals surface area contributed by atoms with Gasteiger partial charge >= 0.3 is 16.2 Å². The molecule has 128 valence electrons. The average Bonchev–Trinajstić information content (AvgIpc) is 2.86. The number of carboxylic acids is 1. The van der Waals surface area contributed by atoms with Gasteiger partial charge in [0.2, 0.25) is 0 Å². The van der Waals surface area contributed by atoms with Crippen molar-refractivity contribution >= 4 is 21.9 Å². The molecule has 9 heteroatoms. The number of nitrogens with zero attached hydrogens (tertiary/aromatic N) is 3. The number of aromatic nitrogens is 2. The van der Waals surface area contributed by atoms with E-state index in [1.807, 2.05) is 0 Å². The molecule has 1 aromatic rings. The van der Waals surface area contributed by atoms with Crippen molar-refractivity contribution in [3.63, 3.8) is 0 Å². The van der Waals surface area contributed by atoms with Crippen LogP contribution in [0.4, 0.5) is 5.69 Å². The summed E-state index contributed by atoms with van der Waals surface area (Å²) in [4.78, 5) is 11.2. The molecule has 0 amide bonds. The fourth-order valence-corrected chi connectivity index (χ4v) is 5.05. The fraction of sp³-hybridized carbons (Fsp3) is 0.714. The van der Waals surface area contributed by atoms with E-state index in [-0.39, 0.29) is 11.4 Å². The molecule has 2 N–H and O–H groups in total. The summed E-state index contributed by atoms with van der Waals surface area (Å²) in [6, 6.07) is 0. The SMILES string of the molecule is Cn1ncc(NS(=O)(=O)N2CCC3CCCCC3C2)c1C(=O)O. The van der Waals surface area contributed by atoms with Crippen LogP contribution in [-0.4, -0.2) is 46.7 Å². The second-order valence-corrected chi connectivity index (χ2v) is 8.06. The second kappa shape index (κ2) is 6.12. The van der Waals surface area contributed by atoms with Gasteiger partial charge in [-0.1, -0.05) is 19.3 Å². The van der Waals surface area contributed by atoms with E-state index in [9.17, 15) is 18.3 Å². The van der Waals surface area contributed by atoms with Crippen molar-refractivity contribution in [1.29, 1.82) is 0 Å². The quantitative estimate of drug-likeness (QED) is 0.858. The lowest BCUT2D eigenvalue weighted by atomic mass is 9.76. The van der Waals surface area contributed by atoms with E-state index in [0.717, 1.165) is 23.9 Å². The third-order valence-electron chi connectivity index (χ3n) is 4.97. The third kappa shape index (κ3) is 3.20. The molecule has 1 saturated carbocycles. The number of carbonyl (C=O) groups is 1. The molecule has 8 nitrogen and oxygen atoms in total. The number of rotatable bonds is 4. The molecule has 0 bridgehead atoms. The van der Waals surface area contributed by atoms with E-state index >= 15 is 0 Å². The van der Waals surface area contributed by atoms with Crippen LogP contribution >= 0.6 is 0 Å². The molecule has 2 aliphatic rings. The third-order valence-corrected chi connectivity index (χ3v) is 6.46. The molecule has 1 aliphatic carbocycles. The smallest absolute Gasteiger partial charge is 0.356 e. The fourth-order valence-electron chi connectivity index (χ4n) is 3.76. The zero-order valence-corrected chi connectivity index (χ0v) is 13.9. The maximum Gasteiger partial charge on any atom is 0.356 e. The molecular weight excluding hydrogens is 320 g/mol. The van der Waals surface area contributed by atoms with Gasteiger partial charge in [-0.25, -0.2) is 4.79 Å². The number of carboxylic acid groups (broad SMARTS) is 1. The number of anilines is 1. The normalized spacial score (nSPS) is 25.8. The lowest BCUT2D eigenvalue weighted by molar-refractivity contribution is 0.0686. The summed E-state index contributed by atoms with van der Waals surface area (Å²) in [7, 11) is -2.30. The van der Waals surface area contributed by atoms with Crippen LogP contribution in [0.2, 0.25) is 0 Å². The van der Waals surface area contributed by atoms with Gasteiger partial charge in [-0.15, -0.1) is 0 Å². The summed E-state index contributed by atoms with van der Waals surface area (Å²) >= 11 is 0. The first-order chi connectivity index (χ1) is 10.9. The van der Waals surface area contributed by atoms with Gasteiger partial charge in [0.1, 0.15) is 5.69 Å².